The number of furan rings is 1. The second kappa shape index (κ2) is 9.25. The topological polar surface area (TPSA) is 69.6 Å². The largest absolute Gasteiger partial charge is 0.491 e. The van der Waals surface area contributed by atoms with E-state index in [1.807, 2.05) is 19.1 Å². The Kier molecular flexibility index (Phi) is 6.16. The number of nitrogens with zero attached hydrogens (tertiary/aromatic N) is 3. The van der Waals surface area contributed by atoms with Crippen LogP contribution in [0.3, 0.4) is 0 Å². The number of hydrogen-bond acceptors (Lipinski definition) is 5. The Bertz CT molecular complexity index is 1620. The van der Waals surface area contributed by atoms with E-state index < -0.39 is 0 Å². The lowest BCUT2D eigenvalue weighted by Crippen LogP contribution is -2.20. The SMILES string of the molecule is CCOc1c(Cl)cc(C=Nn2c(-c3cc4cc(Cl)ccc4o3)nc3ccccc3c2=O)cc1Br. The molecule has 0 unspecified atom stereocenters. The summed E-state index contributed by atoms with van der Waals surface area (Å²) in [5.41, 5.74) is 1.51. The van der Waals surface area contributed by atoms with Crippen molar-refractivity contribution < 1.29 is 9.15 Å². The molecule has 0 N–H and O–H groups in total. The number of hydrogen-bond donors (Lipinski definition) is 0. The van der Waals surface area contributed by atoms with Crippen LogP contribution in [0.1, 0.15) is 12.5 Å². The Labute approximate surface area is 212 Å². The molecule has 9 heteroatoms. The summed E-state index contributed by atoms with van der Waals surface area (Å²) in [5, 5.41) is 6.70. The standard InChI is InChI=1S/C25H16BrCl2N3O3/c1-2-33-23-18(26)9-14(10-19(23)28)13-29-31-24(30-20-6-4-3-5-17(20)25(31)32)22-12-15-11-16(27)7-8-21(15)34-22/h3-13H,2H2,1H3. The van der Waals surface area contributed by atoms with Crippen LogP contribution in [-0.2, 0) is 0 Å². The van der Waals surface area contributed by atoms with Crippen LogP contribution in [-0.4, -0.2) is 22.5 Å². The van der Waals surface area contributed by atoms with Crippen molar-refractivity contribution in [2.45, 2.75) is 6.92 Å². The maximum Gasteiger partial charge on any atom is 0.282 e. The molecule has 0 atom stereocenters. The van der Waals surface area contributed by atoms with Crippen LogP contribution in [0.4, 0.5) is 0 Å². The van der Waals surface area contributed by atoms with Gasteiger partial charge in [0.15, 0.2) is 11.5 Å². The Morgan fingerprint density at radius 1 is 1.15 bits per heavy atom. The normalized spacial score (nSPS) is 11.6. The van der Waals surface area contributed by atoms with Crippen molar-refractivity contribution in [1.82, 2.24) is 9.66 Å². The Morgan fingerprint density at radius 3 is 2.76 bits per heavy atom. The van der Waals surface area contributed by atoms with Gasteiger partial charge in [-0.25, -0.2) is 4.98 Å². The Balaban J connectivity index is 1.68. The third-order valence-electron chi connectivity index (χ3n) is 5.08. The summed E-state index contributed by atoms with van der Waals surface area (Å²) in [6.45, 7) is 2.36. The fourth-order valence-corrected chi connectivity index (χ4v) is 4.74. The molecule has 0 aliphatic heterocycles. The fraction of sp³-hybridized carbons (Fsp3) is 0.0800. The van der Waals surface area contributed by atoms with Gasteiger partial charge >= 0.3 is 0 Å². The predicted octanol–water partition coefficient (Wildman–Crippen LogP) is 7.16. The van der Waals surface area contributed by atoms with Crippen LogP contribution in [0.5, 0.6) is 5.75 Å². The van der Waals surface area contributed by atoms with Gasteiger partial charge in [0.05, 0.1) is 33.2 Å². The zero-order chi connectivity index (χ0) is 23.8. The number of rotatable bonds is 5. The summed E-state index contributed by atoms with van der Waals surface area (Å²) in [7, 11) is 0. The number of aromatic nitrogens is 2. The molecule has 2 aromatic heterocycles. The first kappa shape index (κ1) is 22.7. The van der Waals surface area contributed by atoms with Crippen molar-refractivity contribution in [3.63, 3.8) is 0 Å². The van der Waals surface area contributed by atoms with E-state index in [2.05, 4.69) is 26.0 Å². The van der Waals surface area contributed by atoms with Gasteiger partial charge in [0.2, 0.25) is 5.82 Å². The van der Waals surface area contributed by atoms with Gasteiger partial charge in [0, 0.05) is 10.4 Å². The minimum atomic E-state index is -0.327. The first-order valence-electron chi connectivity index (χ1n) is 10.3. The third kappa shape index (κ3) is 4.22. The van der Waals surface area contributed by atoms with E-state index in [-0.39, 0.29) is 11.4 Å². The van der Waals surface area contributed by atoms with Gasteiger partial charge in [0.25, 0.3) is 5.56 Å². The van der Waals surface area contributed by atoms with Crippen LogP contribution in [0, 0.1) is 0 Å². The van der Waals surface area contributed by atoms with Gasteiger partial charge in [-0.3, -0.25) is 4.79 Å². The quantitative estimate of drug-likeness (QED) is 0.215. The number of ether oxygens (including phenoxy) is 1. The molecule has 3 aromatic carbocycles. The third-order valence-corrected chi connectivity index (χ3v) is 6.19. The van der Waals surface area contributed by atoms with E-state index in [0.29, 0.717) is 54.7 Å². The summed E-state index contributed by atoms with van der Waals surface area (Å²) in [4.78, 5) is 18.1. The second-order valence-corrected chi connectivity index (χ2v) is 9.05. The van der Waals surface area contributed by atoms with Gasteiger partial charge in [-0.15, -0.1) is 0 Å². The van der Waals surface area contributed by atoms with Crippen molar-refractivity contribution in [3.8, 4) is 17.3 Å². The minimum absolute atomic E-state index is 0.267. The van der Waals surface area contributed by atoms with E-state index >= 15 is 0 Å². The molecule has 2 heterocycles. The molecule has 0 saturated heterocycles. The summed E-state index contributed by atoms with van der Waals surface area (Å²) in [6, 6.07) is 17.7. The first-order chi connectivity index (χ1) is 16.4. The summed E-state index contributed by atoms with van der Waals surface area (Å²) < 4.78 is 13.4. The predicted molar refractivity (Wildman–Crippen MR) is 140 cm³/mol. The zero-order valence-corrected chi connectivity index (χ0v) is 20.9. The molecular formula is C25H16BrCl2N3O3. The Morgan fingerprint density at radius 2 is 1.97 bits per heavy atom. The smallest absolute Gasteiger partial charge is 0.282 e. The minimum Gasteiger partial charge on any atom is -0.491 e. The number of halogens is 3. The van der Waals surface area contributed by atoms with Crippen molar-refractivity contribution in [1.29, 1.82) is 0 Å². The highest BCUT2D eigenvalue weighted by atomic mass is 79.9. The van der Waals surface area contributed by atoms with Crippen LogP contribution in [0.2, 0.25) is 10.0 Å². The summed E-state index contributed by atoms with van der Waals surface area (Å²) >= 11 is 16.0. The van der Waals surface area contributed by atoms with E-state index in [0.717, 1.165) is 5.39 Å². The summed E-state index contributed by atoms with van der Waals surface area (Å²) in [6.07, 6.45) is 1.53. The van der Waals surface area contributed by atoms with Gasteiger partial charge in [-0.2, -0.15) is 9.78 Å². The molecule has 0 radical (unpaired) electrons. The van der Waals surface area contributed by atoms with Gasteiger partial charge in [0.1, 0.15) is 5.58 Å². The molecule has 5 aromatic rings. The molecule has 0 bridgehead atoms. The van der Waals surface area contributed by atoms with Gasteiger partial charge in [-0.05, 0) is 76.9 Å². The molecule has 0 spiro atoms. The molecule has 0 amide bonds. The molecule has 34 heavy (non-hydrogen) atoms. The Hall–Kier alpha value is -3.13. The number of benzene rings is 3. The van der Waals surface area contributed by atoms with Crippen LogP contribution >= 0.6 is 39.1 Å². The molecule has 5 rings (SSSR count). The molecule has 0 aliphatic rings. The van der Waals surface area contributed by atoms with Crippen molar-refractivity contribution in [2.24, 2.45) is 5.10 Å². The maximum absolute atomic E-state index is 13.4. The van der Waals surface area contributed by atoms with Crippen molar-refractivity contribution in [3.05, 3.63) is 91.1 Å². The molecule has 0 saturated carbocycles. The van der Waals surface area contributed by atoms with E-state index in [1.54, 1.807) is 48.5 Å². The van der Waals surface area contributed by atoms with Crippen molar-refractivity contribution in [2.75, 3.05) is 6.61 Å². The van der Waals surface area contributed by atoms with Crippen LogP contribution in [0.25, 0.3) is 33.5 Å². The molecule has 170 valence electrons. The van der Waals surface area contributed by atoms with E-state index in [4.69, 9.17) is 32.4 Å². The van der Waals surface area contributed by atoms with E-state index in [1.165, 1.54) is 10.9 Å². The molecule has 0 aliphatic carbocycles. The monoisotopic (exact) mass is 555 g/mol. The maximum atomic E-state index is 13.4. The molecular weight excluding hydrogens is 541 g/mol. The lowest BCUT2D eigenvalue weighted by Gasteiger charge is -2.09. The lowest BCUT2D eigenvalue weighted by atomic mass is 10.2. The fourth-order valence-electron chi connectivity index (χ4n) is 3.58. The van der Waals surface area contributed by atoms with Gasteiger partial charge in [-0.1, -0.05) is 35.3 Å². The second-order valence-electron chi connectivity index (χ2n) is 7.35. The zero-order valence-electron chi connectivity index (χ0n) is 17.8. The number of fused-ring (bicyclic) bond motifs is 2. The number of para-hydroxylation sites is 1. The highest BCUT2D eigenvalue weighted by Crippen LogP contribution is 2.34. The molecule has 6 nitrogen and oxygen atoms in total. The lowest BCUT2D eigenvalue weighted by molar-refractivity contribution is 0.338. The van der Waals surface area contributed by atoms with Gasteiger partial charge < -0.3 is 9.15 Å². The van der Waals surface area contributed by atoms with Crippen LogP contribution < -0.4 is 10.3 Å². The van der Waals surface area contributed by atoms with E-state index in [9.17, 15) is 4.79 Å². The molecule has 0 fully saturated rings. The highest BCUT2D eigenvalue weighted by Gasteiger charge is 2.17. The van der Waals surface area contributed by atoms with Crippen LogP contribution in [0.15, 0.2) is 79.4 Å². The first-order valence-corrected chi connectivity index (χ1v) is 11.9. The highest BCUT2D eigenvalue weighted by molar-refractivity contribution is 9.10. The van der Waals surface area contributed by atoms with Crippen molar-refractivity contribution >= 4 is 67.2 Å². The average molecular weight is 557 g/mol. The summed E-state index contributed by atoms with van der Waals surface area (Å²) in [5.74, 6) is 1.21. The average Bonchev–Trinajstić information content (AvgIpc) is 3.24.